The maximum absolute atomic E-state index is 10.9. The maximum atomic E-state index is 10.9. The normalized spacial score (nSPS) is 11.2. The molecule has 0 unspecified atom stereocenters. The van der Waals surface area contributed by atoms with E-state index in [0.29, 0.717) is 41.5 Å². The highest BCUT2D eigenvalue weighted by molar-refractivity contribution is 6.33. The molecule has 0 heterocycles. The first-order chi connectivity index (χ1) is 18.7. The number of carbonyl (C=O) groups is 1. The molecule has 204 valence electrons. The Balaban J connectivity index is 1.79. The van der Waals surface area contributed by atoms with Gasteiger partial charge in [0.1, 0.15) is 28.6 Å². The molecule has 0 fully saturated rings. The van der Waals surface area contributed by atoms with Crippen LogP contribution < -0.4 is 14.4 Å². The lowest BCUT2D eigenvalue weighted by Crippen LogP contribution is -2.24. The number of halogens is 1. The number of hydrogen-bond donors (Lipinski definition) is 1. The molecule has 0 atom stereocenters. The molecule has 3 aromatic rings. The lowest BCUT2D eigenvalue weighted by molar-refractivity contribution is -0.384. The van der Waals surface area contributed by atoms with Crippen LogP contribution in [0.15, 0.2) is 75.1 Å². The van der Waals surface area contributed by atoms with Gasteiger partial charge in [-0.2, -0.15) is 5.11 Å². The van der Waals surface area contributed by atoms with Crippen molar-refractivity contribution in [3.63, 3.8) is 0 Å². The van der Waals surface area contributed by atoms with Gasteiger partial charge in [0, 0.05) is 49.5 Å². The fraction of sp³-hybridized carbons (Fsp3) is 0.269. The van der Waals surface area contributed by atoms with Crippen LogP contribution in [0.25, 0.3) is 0 Å². The first-order valence-corrected chi connectivity index (χ1v) is 12.2. The standard InChI is InChI=1S/C26H27ClN6O6/c1-4-32(13-5-6-26(34)35)18-9-7-17(8-10-18)28-30-22-15-25(39-3)23(16-24(22)38-2)31-29-21-12-11-19(33(36)37)14-20(21)27/h7-12,14-16H,4-6,13H2,1-3H3,(H,34,35). The van der Waals surface area contributed by atoms with Crippen LogP contribution >= 0.6 is 11.6 Å². The highest BCUT2D eigenvalue weighted by Crippen LogP contribution is 2.41. The number of aliphatic carboxylic acids is 1. The zero-order valence-electron chi connectivity index (χ0n) is 21.6. The second-order valence-corrected chi connectivity index (χ2v) is 8.49. The Hall–Kier alpha value is -4.58. The van der Waals surface area contributed by atoms with Crippen LogP contribution in [0, 0.1) is 10.1 Å². The van der Waals surface area contributed by atoms with Gasteiger partial charge in [0.15, 0.2) is 0 Å². The van der Waals surface area contributed by atoms with Crippen molar-refractivity contribution in [2.75, 3.05) is 32.2 Å². The molecule has 0 bridgehead atoms. The summed E-state index contributed by atoms with van der Waals surface area (Å²) in [6.07, 6.45) is 0.682. The molecule has 3 aromatic carbocycles. The van der Waals surface area contributed by atoms with Crippen molar-refractivity contribution in [3.05, 3.63) is 69.7 Å². The molecular weight excluding hydrogens is 528 g/mol. The predicted octanol–water partition coefficient (Wildman–Crippen LogP) is 7.79. The van der Waals surface area contributed by atoms with E-state index in [9.17, 15) is 14.9 Å². The van der Waals surface area contributed by atoms with E-state index in [1.807, 2.05) is 31.2 Å². The number of methoxy groups -OCH3 is 2. The van der Waals surface area contributed by atoms with Crippen molar-refractivity contribution in [2.45, 2.75) is 19.8 Å². The Morgan fingerprint density at radius 3 is 2.05 bits per heavy atom. The van der Waals surface area contributed by atoms with E-state index < -0.39 is 10.9 Å². The summed E-state index contributed by atoms with van der Waals surface area (Å²) in [6.45, 7) is 3.40. The van der Waals surface area contributed by atoms with Crippen LogP contribution in [0.1, 0.15) is 19.8 Å². The number of anilines is 1. The topological polar surface area (TPSA) is 152 Å². The zero-order chi connectivity index (χ0) is 28.4. The molecule has 0 aromatic heterocycles. The highest BCUT2D eigenvalue weighted by atomic mass is 35.5. The lowest BCUT2D eigenvalue weighted by atomic mass is 10.2. The number of non-ortho nitro benzene ring substituents is 1. The Kier molecular flexibility index (Phi) is 10.3. The fourth-order valence-electron chi connectivity index (χ4n) is 3.55. The number of nitro groups is 1. The van der Waals surface area contributed by atoms with Crippen molar-refractivity contribution >= 4 is 51.7 Å². The molecule has 0 radical (unpaired) electrons. The van der Waals surface area contributed by atoms with Crippen LogP contribution in [0.4, 0.5) is 34.1 Å². The van der Waals surface area contributed by atoms with Crippen LogP contribution in [-0.4, -0.2) is 43.3 Å². The van der Waals surface area contributed by atoms with Crippen LogP contribution in [0.5, 0.6) is 11.5 Å². The maximum Gasteiger partial charge on any atom is 0.303 e. The van der Waals surface area contributed by atoms with Gasteiger partial charge in [0.25, 0.3) is 5.69 Å². The molecule has 0 amide bonds. The third kappa shape index (κ3) is 7.95. The summed E-state index contributed by atoms with van der Waals surface area (Å²) in [5.74, 6) is -0.0869. The van der Waals surface area contributed by atoms with Gasteiger partial charge >= 0.3 is 5.97 Å². The van der Waals surface area contributed by atoms with E-state index >= 15 is 0 Å². The quantitative estimate of drug-likeness (QED) is 0.128. The van der Waals surface area contributed by atoms with Gasteiger partial charge < -0.3 is 19.5 Å². The fourth-order valence-corrected chi connectivity index (χ4v) is 3.77. The number of nitrogens with zero attached hydrogens (tertiary/aromatic N) is 6. The predicted molar refractivity (Wildman–Crippen MR) is 147 cm³/mol. The number of azo groups is 2. The summed E-state index contributed by atoms with van der Waals surface area (Å²) in [4.78, 5) is 23.2. The van der Waals surface area contributed by atoms with Crippen LogP contribution in [0.2, 0.25) is 5.02 Å². The van der Waals surface area contributed by atoms with Crippen molar-refractivity contribution in [2.24, 2.45) is 20.5 Å². The molecule has 0 aliphatic rings. The first kappa shape index (κ1) is 29.0. The largest absolute Gasteiger partial charge is 0.494 e. The summed E-state index contributed by atoms with van der Waals surface area (Å²) >= 11 is 6.10. The lowest BCUT2D eigenvalue weighted by Gasteiger charge is -2.22. The number of benzene rings is 3. The minimum Gasteiger partial charge on any atom is -0.494 e. The van der Waals surface area contributed by atoms with Crippen molar-refractivity contribution in [1.29, 1.82) is 0 Å². The van der Waals surface area contributed by atoms with Gasteiger partial charge in [-0.1, -0.05) is 11.6 Å². The van der Waals surface area contributed by atoms with Gasteiger partial charge in [-0.05, 0) is 43.7 Å². The monoisotopic (exact) mass is 554 g/mol. The molecule has 12 nitrogen and oxygen atoms in total. The van der Waals surface area contributed by atoms with Gasteiger partial charge in [-0.15, -0.1) is 15.3 Å². The van der Waals surface area contributed by atoms with Gasteiger partial charge in [0.2, 0.25) is 0 Å². The summed E-state index contributed by atoms with van der Waals surface area (Å²) in [5, 5.41) is 36.7. The Labute approximate surface area is 229 Å². The molecular formula is C26H27ClN6O6. The Bertz CT molecular complexity index is 1380. The molecule has 39 heavy (non-hydrogen) atoms. The zero-order valence-corrected chi connectivity index (χ0v) is 22.3. The second kappa shape index (κ2) is 13.8. The number of carboxylic acid groups (broad SMARTS) is 1. The highest BCUT2D eigenvalue weighted by Gasteiger charge is 2.13. The molecule has 0 aliphatic carbocycles. The molecule has 3 rings (SSSR count). The second-order valence-electron chi connectivity index (χ2n) is 8.08. The SMILES string of the molecule is CCN(CCCC(=O)O)c1ccc(N=Nc2cc(OC)c(N=Nc3ccc([N+](=O)[O-])cc3Cl)cc2OC)cc1. The molecule has 0 spiro atoms. The smallest absolute Gasteiger partial charge is 0.303 e. The van der Waals surface area contributed by atoms with E-state index in [4.69, 9.17) is 26.2 Å². The minimum absolute atomic E-state index is 0.0811. The summed E-state index contributed by atoms with van der Waals surface area (Å²) < 4.78 is 10.9. The average Bonchev–Trinajstić information content (AvgIpc) is 2.93. The number of carboxylic acids is 1. The van der Waals surface area contributed by atoms with Gasteiger partial charge in [-0.3, -0.25) is 14.9 Å². The molecule has 13 heteroatoms. The number of rotatable bonds is 13. The third-order valence-electron chi connectivity index (χ3n) is 5.58. The van der Waals surface area contributed by atoms with E-state index in [0.717, 1.165) is 12.2 Å². The molecule has 0 saturated carbocycles. The molecule has 0 saturated heterocycles. The van der Waals surface area contributed by atoms with E-state index in [2.05, 4.69) is 25.4 Å². The molecule has 1 N–H and O–H groups in total. The summed E-state index contributed by atoms with van der Waals surface area (Å²) in [6, 6.07) is 14.5. The number of hydrogen-bond acceptors (Lipinski definition) is 10. The van der Waals surface area contributed by atoms with Crippen molar-refractivity contribution in [1.82, 2.24) is 0 Å². The molecule has 0 aliphatic heterocycles. The minimum atomic E-state index is -0.807. The number of nitro benzene ring substituents is 1. The summed E-state index contributed by atoms with van der Waals surface area (Å²) in [7, 11) is 2.95. The van der Waals surface area contributed by atoms with Gasteiger partial charge in [0.05, 0.1) is 29.9 Å². The van der Waals surface area contributed by atoms with Gasteiger partial charge in [-0.25, -0.2) is 0 Å². The van der Waals surface area contributed by atoms with E-state index in [1.54, 1.807) is 12.1 Å². The first-order valence-electron chi connectivity index (χ1n) is 11.9. The van der Waals surface area contributed by atoms with Crippen LogP contribution in [-0.2, 0) is 4.79 Å². The summed E-state index contributed by atoms with van der Waals surface area (Å²) in [5.41, 5.74) is 2.39. The van der Waals surface area contributed by atoms with Crippen molar-refractivity contribution < 1.29 is 24.3 Å². The average molecular weight is 555 g/mol. The van der Waals surface area contributed by atoms with E-state index in [-0.39, 0.29) is 22.8 Å². The van der Waals surface area contributed by atoms with Crippen LogP contribution in [0.3, 0.4) is 0 Å². The number of ether oxygens (including phenoxy) is 2. The Morgan fingerprint density at radius 2 is 1.54 bits per heavy atom. The third-order valence-corrected chi connectivity index (χ3v) is 5.88. The van der Waals surface area contributed by atoms with Crippen molar-refractivity contribution in [3.8, 4) is 11.5 Å². The Morgan fingerprint density at radius 1 is 0.949 bits per heavy atom. The van der Waals surface area contributed by atoms with E-state index in [1.165, 1.54) is 32.4 Å².